The minimum Gasteiger partial charge on any atom is -0.334 e. The zero-order chi connectivity index (χ0) is 16.6. The second kappa shape index (κ2) is 5.56. The van der Waals surface area contributed by atoms with Gasteiger partial charge >= 0.3 is 0 Å². The minimum atomic E-state index is -3.83. The summed E-state index contributed by atoms with van der Waals surface area (Å²) in [5.41, 5.74) is 2.63. The van der Waals surface area contributed by atoms with Gasteiger partial charge in [0.15, 0.2) is 0 Å². The van der Waals surface area contributed by atoms with Crippen LogP contribution in [0.4, 0.5) is 0 Å². The topological polar surface area (TPSA) is 112 Å². The number of nitrogens with two attached hydrogens (primary N) is 1. The monoisotopic (exact) mass is 330 g/mol. The molecule has 23 heavy (non-hydrogen) atoms. The lowest BCUT2D eigenvalue weighted by molar-refractivity contribution is 0.432. The van der Waals surface area contributed by atoms with E-state index in [0.717, 1.165) is 11.1 Å². The van der Waals surface area contributed by atoms with Crippen LogP contribution in [0.15, 0.2) is 46.1 Å². The van der Waals surface area contributed by atoms with E-state index in [2.05, 4.69) is 15.1 Å². The van der Waals surface area contributed by atoms with Gasteiger partial charge in [0.1, 0.15) is 0 Å². The second-order valence-corrected chi connectivity index (χ2v) is 6.65. The normalized spacial score (nSPS) is 11.6. The van der Waals surface area contributed by atoms with E-state index in [0.29, 0.717) is 17.0 Å². The van der Waals surface area contributed by atoms with Crippen LogP contribution in [0.1, 0.15) is 11.1 Å². The molecule has 2 aromatic heterocycles. The summed E-state index contributed by atoms with van der Waals surface area (Å²) in [6.45, 7) is 3.50. The van der Waals surface area contributed by atoms with Gasteiger partial charge in [-0.3, -0.25) is 4.98 Å². The largest absolute Gasteiger partial charge is 0.334 e. The van der Waals surface area contributed by atoms with Gasteiger partial charge in [-0.1, -0.05) is 5.16 Å². The number of benzene rings is 1. The molecule has 1 aromatic carbocycles. The number of hydrogen-bond donors (Lipinski definition) is 1. The maximum Gasteiger partial charge on any atom is 0.258 e. The highest BCUT2D eigenvalue weighted by atomic mass is 32.2. The molecule has 0 unspecified atom stereocenters. The van der Waals surface area contributed by atoms with Crippen LogP contribution in [0.25, 0.3) is 22.8 Å². The predicted molar refractivity (Wildman–Crippen MR) is 83.8 cm³/mol. The number of hydrogen-bond acceptors (Lipinski definition) is 6. The van der Waals surface area contributed by atoms with E-state index in [1.807, 2.05) is 0 Å². The molecule has 0 saturated carbocycles. The zero-order valence-corrected chi connectivity index (χ0v) is 13.3. The first-order valence-corrected chi connectivity index (χ1v) is 8.29. The Hall–Kier alpha value is -2.58. The van der Waals surface area contributed by atoms with Crippen molar-refractivity contribution in [3.05, 3.63) is 47.8 Å². The second-order valence-electron chi connectivity index (χ2n) is 5.12. The van der Waals surface area contributed by atoms with Crippen molar-refractivity contribution in [1.82, 2.24) is 15.1 Å². The highest BCUT2D eigenvalue weighted by Crippen LogP contribution is 2.27. The van der Waals surface area contributed by atoms with E-state index in [4.69, 9.17) is 9.66 Å². The molecular weight excluding hydrogens is 316 g/mol. The van der Waals surface area contributed by atoms with Gasteiger partial charge in [0.25, 0.3) is 5.89 Å². The average Bonchev–Trinajstić information content (AvgIpc) is 2.99. The Kier molecular flexibility index (Phi) is 3.70. The van der Waals surface area contributed by atoms with E-state index in [9.17, 15) is 8.42 Å². The number of aryl methyl sites for hydroxylation is 1. The Bertz CT molecular complexity index is 966. The van der Waals surface area contributed by atoms with Crippen molar-refractivity contribution in [2.75, 3.05) is 0 Å². The van der Waals surface area contributed by atoms with Crippen LogP contribution in [0.3, 0.4) is 0 Å². The summed E-state index contributed by atoms with van der Waals surface area (Å²) in [7, 11) is -3.83. The molecule has 0 aliphatic carbocycles. The molecule has 0 aliphatic heterocycles. The van der Waals surface area contributed by atoms with Crippen LogP contribution in [0.2, 0.25) is 0 Å². The van der Waals surface area contributed by atoms with Crippen LogP contribution in [0, 0.1) is 13.8 Å². The summed E-state index contributed by atoms with van der Waals surface area (Å²) in [6.07, 6.45) is 3.25. The maximum atomic E-state index is 11.7. The van der Waals surface area contributed by atoms with Crippen molar-refractivity contribution >= 4 is 10.0 Å². The van der Waals surface area contributed by atoms with Gasteiger partial charge in [-0.2, -0.15) is 4.98 Å². The minimum absolute atomic E-state index is 0.0520. The molecule has 0 bridgehead atoms. The first kappa shape index (κ1) is 15.3. The first-order valence-electron chi connectivity index (χ1n) is 6.75. The van der Waals surface area contributed by atoms with Gasteiger partial charge in [-0.15, -0.1) is 0 Å². The third-order valence-electron chi connectivity index (χ3n) is 3.54. The summed E-state index contributed by atoms with van der Waals surface area (Å²) in [5.74, 6) is 0.627. The van der Waals surface area contributed by atoms with Gasteiger partial charge in [0.05, 0.1) is 4.90 Å². The standard InChI is InChI=1S/C15H14N4O3S/c1-9-7-12(8-13(10(9)2)23(16,20)21)15-18-14(19-22-15)11-3-5-17-6-4-11/h3-8H,1-2H3,(H2,16,20,21). The lowest BCUT2D eigenvalue weighted by Crippen LogP contribution is -2.14. The van der Waals surface area contributed by atoms with Crippen molar-refractivity contribution in [2.45, 2.75) is 18.7 Å². The molecule has 0 atom stereocenters. The van der Waals surface area contributed by atoms with Crippen molar-refractivity contribution in [3.63, 3.8) is 0 Å². The van der Waals surface area contributed by atoms with Crippen LogP contribution >= 0.6 is 0 Å². The fourth-order valence-corrected chi connectivity index (χ4v) is 3.08. The molecule has 0 radical (unpaired) electrons. The summed E-state index contributed by atoms with van der Waals surface area (Å²) in [5, 5.41) is 9.18. The van der Waals surface area contributed by atoms with Crippen molar-refractivity contribution < 1.29 is 12.9 Å². The van der Waals surface area contributed by atoms with Gasteiger partial charge in [0, 0.05) is 23.5 Å². The van der Waals surface area contributed by atoms with Gasteiger partial charge < -0.3 is 4.52 Å². The molecule has 3 rings (SSSR count). The Balaban J connectivity index is 2.10. The van der Waals surface area contributed by atoms with Crippen molar-refractivity contribution in [3.8, 4) is 22.8 Å². The fourth-order valence-electron chi connectivity index (χ4n) is 2.20. The van der Waals surface area contributed by atoms with Crippen LogP contribution in [-0.4, -0.2) is 23.5 Å². The quantitative estimate of drug-likeness (QED) is 0.786. The van der Waals surface area contributed by atoms with Gasteiger partial charge in [-0.05, 0) is 49.2 Å². The molecule has 7 nitrogen and oxygen atoms in total. The summed E-state index contributed by atoms with van der Waals surface area (Å²) >= 11 is 0. The Labute approximate surface area is 133 Å². The third-order valence-corrected chi connectivity index (χ3v) is 4.57. The predicted octanol–water partition coefficient (Wildman–Crippen LogP) is 2.06. The number of rotatable bonds is 3. The Morgan fingerprint density at radius 2 is 1.78 bits per heavy atom. The number of sulfonamides is 1. The van der Waals surface area contributed by atoms with E-state index in [-0.39, 0.29) is 10.8 Å². The molecule has 2 heterocycles. The average molecular weight is 330 g/mol. The maximum absolute atomic E-state index is 11.7. The molecule has 0 saturated heterocycles. The van der Waals surface area contributed by atoms with E-state index in [1.54, 1.807) is 44.4 Å². The van der Waals surface area contributed by atoms with Gasteiger partial charge in [0.2, 0.25) is 15.8 Å². The summed E-state index contributed by atoms with van der Waals surface area (Å²) < 4.78 is 28.7. The Morgan fingerprint density at radius 1 is 1.09 bits per heavy atom. The molecule has 0 amide bonds. The lowest BCUT2D eigenvalue weighted by Gasteiger charge is -2.08. The van der Waals surface area contributed by atoms with Gasteiger partial charge in [-0.25, -0.2) is 13.6 Å². The number of nitrogens with zero attached hydrogens (tertiary/aromatic N) is 3. The summed E-state index contributed by atoms with van der Waals surface area (Å²) in [6, 6.07) is 6.74. The van der Waals surface area contributed by atoms with E-state index >= 15 is 0 Å². The molecule has 3 aromatic rings. The van der Waals surface area contributed by atoms with Crippen molar-refractivity contribution in [2.24, 2.45) is 5.14 Å². The lowest BCUT2D eigenvalue weighted by atomic mass is 10.1. The van der Waals surface area contributed by atoms with E-state index < -0.39 is 10.0 Å². The molecule has 0 spiro atoms. The number of primary sulfonamides is 1. The first-order chi connectivity index (χ1) is 10.9. The van der Waals surface area contributed by atoms with Crippen LogP contribution in [-0.2, 0) is 10.0 Å². The molecule has 2 N–H and O–H groups in total. The third kappa shape index (κ3) is 2.99. The molecular formula is C15H14N4O3S. The fraction of sp³-hybridized carbons (Fsp3) is 0.133. The SMILES string of the molecule is Cc1cc(-c2nc(-c3ccncc3)no2)cc(S(N)(=O)=O)c1C. The molecule has 8 heteroatoms. The smallest absolute Gasteiger partial charge is 0.258 e. The molecule has 0 aliphatic rings. The van der Waals surface area contributed by atoms with Crippen molar-refractivity contribution in [1.29, 1.82) is 0 Å². The summed E-state index contributed by atoms with van der Waals surface area (Å²) in [4.78, 5) is 8.28. The number of aromatic nitrogens is 3. The van der Waals surface area contributed by atoms with Crippen LogP contribution < -0.4 is 5.14 Å². The number of pyridine rings is 1. The highest BCUT2D eigenvalue weighted by Gasteiger charge is 2.18. The zero-order valence-electron chi connectivity index (χ0n) is 12.5. The molecule has 118 valence electrons. The highest BCUT2D eigenvalue weighted by molar-refractivity contribution is 7.89. The van der Waals surface area contributed by atoms with E-state index in [1.165, 1.54) is 6.07 Å². The molecule has 0 fully saturated rings. The Morgan fingerprint density at radius 3 is 2.43 bits per heavy atom. The van der Waals surface area contributed by atoms with Crippen LogP contribution in [0.5, 0.6) is 0 Å².